The van der Waals surface area contributed by atoms with Gasteiger partial charge in [-0.3, -0.25) is 9.59 Å². The number of nitrogens with two attached hydrogens (primary N) is 1. The van der Waals surface area contributed by atoms with E-state index in [0.717, 1.165) is 43.3 Å². The molecule has 6 nitrogen and oxygen atoms in total. The molecule has 1 heterocycles. The Labute approximate surface area is 207 Å². The first-order valence-electron chi connectivity index (χ1n) is 11.5. The minimum atomic E-state index is -4.95. The van der Waals surface area contributed by atoms with Crippen LogP contribution in [-0.2, 0) is 16.6 Å². The van der Waals surface area contributed by atoms with Crippen molar-refractivity contribution in [2.45, 2.75) is 44.9 Å². The van der Waals surface area contributed by atoms with Crippen molar-refractivity contribution in [1.29, 1.82) is 0 Å². The highest BCUT2D eigenvalue weighted by atomic mass is 35.5. The number of aliphatic hydroxyl groups is 1. The Kier molecular flexibility index (Phi) is 8.14. The first-order valence-corrected chi connectivity index (χ1v) is 11.9. The zero-order chi connectivity index (χ0) is 26.0. The number of nitrogens with one attached hydrogen (secondary N) is 1. The van der Waals surface area contributed by atoms with Gasteiger partial charge < -0.3 is 21.1 Å². The Hall–Kier alpha value is -2.62. The van der Waals surface area contributed by atoms with Gasteiger partial charge in [0, 0.05) is 28.3 Å². The third-order valence-corrected chi connectivity index (χ3v) is 6.67. The normalized spacial score (nSPS) is 19.6. The molecule has 10 heteroatoms. The van der Waals surface area contributed by atoms with Crippen molar-refractivity contribution in [2.24, 2.45) is 11.7 Å². The highest BCUT2D eigenvalue weighted by Crippen LogP contribution is 2.52. The topological polar surface area (TPSA) is 95.7 Å². The monoisotopic (exact) mass is 511 g/mol. The first kappa shape index (κ1) is 27.0. The van der Waals surface area contributed by atoms with Crippen LogP contribution in [-0.4, -0.2) is 36.6 Å². The lowest BCUT2D eigenvalue weighted by atomic mass is 9.83. The number of carbonyl (C=O) groups excluding carboxylic acids is 2. The Morgan fingerprint density at radius 1 is 1.23 bits per heavy atom. The number of halogens is 4. The second-order valence-electron chi connectivity index (χ2n) is 8.64. The number of hydrogen-bond donors (Lipinski definition) is 3. The van der Waals surface area contributed by atoms with Crippen LogP contribution in [0.5, 0.6) is 0 Å². The summed E-state index contributed by atoms with van der Waals surface area (Å²) in [7, 11) is 0. The predicted octanol–water partition coefficient (Wildman–Crippen LogP) is 4.46. The van der Waals surface area contributed by atoms with E-state index in [4.69, 9.17) is 17.3 Å². The van der Waals surface area contributed by atoms with Gasteiger partial charge in [0.2, 0.25) is 5.91 Å². The molecule has 0 radical (unpaired) electrons. The van der Waals surface area contributed by atoms with Gasteiger partial charge in [0.1, 0.15) is 0 Å². The van der Waals surface area contributed by atoms with Gasteiger partial charge >= 0.3 is 6.18 Å². The third-order valence-electron chi connectivity index (χ3n) is 6.34. The van der Waals surface area contributed by atoms with Crippen LogP contribution in [0.3, 0.4) is 0 Å². The second kappa shape index (κ2) is 10.6. The van der Waals surface area contributed by atoms with Crippen molar-refractivity contribution in [1.82, 2.24) is 5.32 Å². The van der Waals surface area contributed by atoms with Crippen molar-refractivity contribution in [2.75, 3.05) is 24.5 Å². The van der Waals surface area contributed by atoms with Gasteiger partial charge in [0.25, 0.3) is 5.91 Å². The number of primary amides is 1. The van der Waals surface area contributed by atoms with E-state index in [2.05, 4.69) is 19.2 Å². The average molecular weight is 512 g/mol. The molecule has 0 bridgehead atoms. The molecule has 0 aromatic heterocycles. The molecule has 0 spiro atoms. The summed E-state index contributed by atoms with van der Waals surface area (Å²) in [6, 6.07) is 7.44. The van der Waals surface area contributed by atoms with Gasteiger partial charge in [0.15, 0.2) is 5.60 Å². The summed E-state index contributed by atoms with van der Waals surface area (Å²) < 4.78 is 42.0. The Morgan fingerprint density at radius 3 is 2.31 bits per heavy atom. The molecule has 35 heavy (non-hydrogen) atoms. The number of alkyl halides is 3. The van der Waals surface area contributed by atoms with E-state index < -0.39 is 40.3 Å². The largest absolute Gasteiger partial charge is 0.416 e. The molecule has 4 N–H and O–H groups in total. The smallest absolute Gasteiger partial charge is 0.372 e. The van der Waals surface area contributed by atoms with Gasteiger partial charge in [0.05, 0.1) is 11.3 Å². The maximum atomic E-state index is 14.0. The zero-order valence-corrected chi connectivity index (χ0v) is 20.3. The highest BCUT2D eigenvalue weighted by molar-refractivity contribution is 6.32. The predicted molar refractivity (Wildman–Crippen MR) is 128 cm³/mol. The Morgan fingerprint density at radius 2 is 1.86 bits per heavy atom. The molecule has 1 aliphatic carbocycles. The molecule has 1 saturated carbocycles. The van der Waals surface area contributed by atoms with Crippen molar-refractivity contribution in [3.8, 4) is 0 Å². The van der Waals surface area contributed by atoms with Gasteiger partial charge in [-0.05, 0) is 50.0 Å². The van der Waals surface area contributed by atoms with Crippen LogP contribution in [0.15, 0.2) is 36.4 Å². The van der Waals surface area contributed by atoms with Gasteiger partial charge in [-0.15, -0.1) is 0 Å². The summed E-state index contributed by atoms with van der Waals surface area (Å²) in [6.07, 6.45) is -2.34. The lowest BCUT2D eigenvalue weighted by Crippen LogP contribution is -2.44. The average Bonchev–Trinajstić information content (AvgIpc) is 2.98. The standard InChI is InChI=1S/C21H18ClF3N2O3.C4H11N/c22-15-7-2-1-6-13(15)20(30)17-14(21(23,24)25)8-12(18(26)28)9-16(17)27(19(20)29)10-11-4-3-5-11;1-3-5-4-2/h1-2,6-9,11,30H,3-5,10H2,(H2,26,28);5H,3-4H2,1-2H3. The number of carbonyl (C=O) groups is 2. The Bertz CT molecular complexity index is 1100. The lowest BCUT2D eigenvalue weighted by molar-refractivity contribution is -0.142. The molecular weight excluding hydrogens is 483 g/mol. The van der Waals surface area contributed by atoms with Crippen LogP contribution >= 0.6 is 11.6 Å². The minimum absolute atomic E-state index is 0.0445. The lowest BCUT2D eigenvalue weighted by Gasteiger charge is -2.31. The van der Waals surface area contributed by atoms with Crippen LogP contribution in [0.2, 0.25) is 5.02 Å². The first-order chi connectivity index (χ1) is 16.5. The summed E-state index contributed by atoms with van der Waals surface area (Å²) >= 11 is 6.18. The molecule has 1 unspecified atom stereocenters. The fourth-order valence-electron chi connectivity index (χ4n) is 4.37. The van der Waals surface area contributed by atoms with E-state index in [1.807, 2.05) is 0 Å². The molecule has 2 aromatic carbocycles. The van der Waals surface area contributed by atoms with E-state index in [1.165, 1.54) is 18.2 Å². The van der Waals surface area contributed by atoms with Crippen molar-refractivity contribution < 1.29 is 27.9 Å². The molecule has 0 saturated heterocycles. The molecule has 2 aromatic rings. The van der Waals surface area contributed by atoms with Crippen LogP contribution in [0.1, 0.15) is 60.2 Å². The van der Waals surface area contributed by atoms with E-state index in [1.54, 1.807) is 6.07 Å². The maximum Gasteiger partial charge on any atom is 0.416 e. The number of anilines is 1. The summed E-state index contributed by atoms with van der Waals surface area (Å²) in [5.41, 5.74) is -0.0188. The highest BCUT2D eigenvalue weighted by Gasteiger charge is 2.56. The third kappa shape index (κ3) is 5.17. The van der Waals surface area contributed by atoms with Crippen molar-refractivity contribution >= 4 is 29.1 Å². The number of amides is 2. The molecule has 2 amide bonds. The van der Waals surface area contributed by atoms with Crippen LogP contribution < -0.4 is 16.0 Å². The fraction of sp³-hybridized carbons (Fsp3) is 0.440. The van der Waals surface area contributed by atoms with Gasteiger partial charge in [-0.1, -0.05) is 50.1 Å². The summed E-state index contributed by atoms with van der Waals surface area (Å²) in [5, 5.41) is 14.6. The molecule has 190 valence electrons. The molecule has 1 aliphatic heterocycles. The minimum Gasteiger partial charge on any atom is -0.372 e. The summed E-state index contributed by atoms with van der Waals surface area (Å²) in [6.45, 7) is 6.53. The van der Waals surface area contributed by atoms with Gasteiger partial charge in [-0.2, -0.15) is 13.2 Å². The summed E-state index contributed by atoms with van der Waals surface area (Å²) in [5.74, 6) is -1.89. The molecule has 1 atom stereocenters. The molecule has 1 fully saturated rings. The fourth-order valence-corrected chi connectivity index (χ4v) is 4.64. The van der Waals surface area contributed by atoms with Gasteiger partial charge in [-0.25, -0.2) is 0 Å². The SMILES string of the molecule is CCNCC.NC(=O)c1cc2c(c(C(F)(F)F)c1)C(O)(c1ccccc1Cl)C(=O)N2CC1CCC1. The van der Waals surface area contributed by atoms with Crippen molar-refractivity contribution in [3.63, 3.8) is 0 Å². The van der Waals surface area contributed by atoms with E-state index in [9.17, 15) is 27.9 Å². The molecule has 4 rings (SSSR count). The van der Waals surface area contributed by atoms with Crippen molar-refractivity contribution in [3.05, 3.63) is 63.7 Å². The number of nitrogens with zero attached hydrogens (tertiary/aromatic N) is 1. The number of hydrogen-bond acceptors (Lipinski definition) is 4. The number of benzene rings is 2. The summed E-state index contributed by atoms with van der Waals surface area (Å²) in [4.78, 5) is 26.2. The number of fused-ring (bicyclic) bond motifs is 1. The molecule has 2 aliphatic rings. The quantitative estimate of drug-likeness (QED) is 0.533. The molecular formula is C25H29ClF3N3O3. The van der Waals surface area contributed by atoms with Crippen LogP contribution in [0.4, 0.5) is 18.9 Å². The van der Waals surface area contributed by atoms with E-state index in [0.29, 0.717) is 6.07 Å². The Balaban J connectivity index is 0.000000623. The zero-order valence-electron chi connectivity index (χ0n) is 19.6. The van der Waals surface area contributed by atoms with Crippen LogP contribution in [0, 0.1) is 5.92 Å². The second-order valence-corrected chi connectivity index (χ2v) is 9.05. The van der Waals surface area contributed by atoms with Crippen LogP contribution in [0.25, 0.3) is 0 Å². The van der Waals surface area contributed by atoms with E-state index >= 15 is 0 Å². The van der Waals surface area contributed by atoms with E-state index in [-0.39, 0.29) is 28.7 Å². The number of rotatable bonds is 6. The maximum absolute atomic E-state index is 14.0.